The normalized spacial score (nSPS) is 10.8. The van der Waals surface area contributed by atoms with E-state index >= 15 is 0 Å². The lowest BCUT2D eigenvalue weighted by molar-refractivity contribution is 0.947. The summed E-state index contributed by atoms with van der Waals surface area (Å²) in [5.41, 5.74) is 3.94. The van der Waals surface area contributed by atoms with Gasteiger partial charge in [0.05, 0.1) is 11.8 Å². The van der Waals surface area contributed by atoms with Gasteiger partial charge in [0.15, 0.2) is 5.82 Å². The van der Waals surface area contributed by atoms with Crippen molar-refractivity contribution in [2.45, 2.75) is 5.88 Å². The molecule has 0 aliphatic rings. The Morgan fingerprint density at radius 3 is 3.00 bits per heavy atom. The van der Waals surface area contributed by atoms with Crippen LogP contribution in [0.25, 0.3) is 11.0 Å². The molecule has 3 rings (SSSR count). The number of benzene rings is 1. The molecule has 2 heterocycles. The molecule has 4 nitrogen and oxygen atoms in total. The Labute approximate surface area is 116 Å². The second-order valence-electron chi connectivity index (χ2n) is 4.34. The quantitative estimate of drug-likeness (QED) is 0.743. The summed E-state index contributed by atoms with van der Waals surface area (Å²) in [6, 6.07) is 9.91. The minimum Gasteiger partial charge on any atom is -0.338 e. The van der Waals surface area contributed by atoms with Gasteiger partial charge in [-0.05, 0) is 23.8 Å². The number of halogens is 1. The number of fused-ring (bicyclic) bond motifs is 1. The highest BCUT2D eigenvalue weighted by Crippen LogP contribution is 2.23. The number of aromatic nitrogens is 3. The third kappa shape index (κ3) is 2.27. The van der Waals surface area contributed by atoms with Gasteiger partial charge in [0.25, 0.3) is 0 Å². The fraction of sp³-hybridized carbons (Fsp3) is 0.143. The van der Waals surface area contributed by atoms with Crippen LogP contribution in [0.2, 0.25) is 0 Å². The lowest BCUT2D eigenvalue weighted by atomic mass is 10.2. The lowest BCUT2D eigenvalue weighted by Crippen LogP contribution is -1.95. The SMILES string of the molecule is Cn1cnc2c(Nc3cccc(CCl)c3)nccc21. The molecule has 5 heteroatoms. The predicted octanol–water partition coefficient (Wildman–Crippen LogP) is 3.45. The molecule has 0 spiro atoms. The summed E-state index contributed by atoms with van der Waals surface area (Å²) in [5.74, 6) is 1.25. The van der Waals surface area contributed by atoms with E-state index in [0.717, 1.165) is 28.1 Å². The van der Waals surface area contributed by atoms with Crippen LogP contribution >= 0.6 is 11.6 Å². The van der Waals surface area contributed by atoms with E-state index in [0.29, 0.717) is 5.88 Å². The Bertz CT molecular complexity index is 720. The molecule has 19 heavy (non-hydrogen) atoms. The van der Waals surface area contributed by atoms with Crippen molar-refractivity contribution in [3.8, 4) is 0 Å². The lowest BCUT2D eigenvalue weighted by Gasteiger charge is -2.07. The molecule has 0 aliphatic carbocycles. The number of nitrogens with zero attached hydrogens (tertiary/aromatic N) is 3. The molecule has 0 amide bonds. The summed E-state index contributed by atoms with van der Waals surface area (Å²) in [4.78, 5) is 8.72. The fourth-order valence-corrected chi connectivity index (χ4v) is 2.19. The topological polar surface area (TPSA) is 42.7 Å². The van der Waals surface area contributed by atoms with E-state index in [1.807, 2.05) is 41.9 Å². The molecule has 1 N–H and O–H groups in total. The molecular formula is C14H13ClN4. The average Bonchev–Trinajstić information content (AvgIpc) is 2.82. The number of anilines is 2. The molecule has 0 bridgehead atoms. The van der Waals surface area contributed by atoms with Gasteiger partial charge >= 0.3 is 0 Å². The highest BCUT2D eigenvalue weighted by Gasteiger charge is 2.07. The van der Waals surface area contributed by atoms with Gasteiger partial charge in [0.2, 0.25) is 0 Å². The molecule has 0 saturated carbocycles. The van der Waals surface area contributed by atoms with Gasteiger partial charge in [-0.1, -0.05) is 12.1 Å². The van der Waals surface area contributed by atoms with Crippen LogP contribution in [0, 0.1) is 0 Å². The van der Waals surface area contributed by atoms with Crippen molar-refractivity contribution in [1.82, 2.24) is 14.5 Å². The third-order valence-corrected chi connectivity index (χ3v) is 3.30. The summed E-state index contributed by atoms with van der Waals surface area (Å²) >= 11 is 5.84. The van der Waals surface area contributed by atoms with Crippen LogP contribution in [0.5, 0.6) is 0 Å². The van der Waals surface area contributed by atoms with E-state index in [-0.39, 0.29) is 0 Å². The first kappa shape index (κ1) is 12.0. The Morgan fingerprint density at radius 1 is 1.26 bits per heavy atom. The number of pyridine rings is 1. The number of imidazole rings is 1. The van der Waals surface area contributed by atoms with Crippen molar-refractivity contribution in [2.75, 3.05) is 5.32 Å². The van der Waals surface area contributed by atoms with Crippen molar-refractivity contribution in [3.63, 3.8) is 0 Å². The first-order chi connectivity index (χ1) is 9.28. The predicted molar refractivity (Wildman–Crippen MR) is 77.8 cm³/mol. The zero-order chi connectivity index (χ0) is 13.2. The van der Waals surface area contributed by atoms with Crippen LogP contribution in [0.15, 0.2) is 42.9 Å². The zero-order valence-electron chi connectivity index (χ0n) is 10.5. The molecule has 0 aliphatic heterocycles. The van der Waals surface area contributed by atoms with Crippen LogP contribution in [0.4, 0.5) is 11.5 Å². The maximum absolute atomic E-state index is 5.84. The Morgan fingerprint density at radius 2 is 2.16 bits per heavy atom. The van der Waals surface area contributed by atoms with Crippen LogP contribution < -0.4 is 5.32 Å². The smallest absolute Gasteiger partial charge is 0.158 e. The maximum atomic E-state index is 5.84. The number of alkyl halides is 1. The number of nitrogens with one attached hydrogen (secondary N) is 1. The standard InChI is InChI=1S/C14H13ClN4/c1-19-9-17-13-12(19)5-6-16-14(13)18-11-4-2-3-10(7-11)8-15/h2-7,9H,8H2,1H3,(H,16,18). The number of hydrogen-bond acceptors (Lipinski definition) is 3. The van der Waals surface area contributed by atoms with Crippen molar-refractivity contribution in [1.29, 1.82) is 0 Å². The summed E-state index contributed by atoms with van der Waals surface area (Å²) in [6.07, 6.45) is 3.56. The van der Waals surface area contributed by atoms with Gasteiger partial charge in [0.1, 0.15) is 5.52 Å². The summed E-state index contributed by atoms with van der Waals surface area (Å²) in [7, 11) is 1.97. The molecule has 0 atom stereocenters. The first-order valence-electron chi connectivity index (χ1n) is 5.96. The van der Waals surface area contributed by atoms with Crippen molar-refractivity contribution < 1.29 is 0 Å². The highest BCUT2D eigenvalue weighted by molar-refractivity contribution is 6.17. The van der Waals surface area contributed by atoms with Crippen LogP contribution in [0.3, 0.4) is 0 Å². The van der Waals surface area contributed by atoms with E-state index in [9.17, 15) is 0 Å². The molecule has 0 fully saturated rings. The Balaban J connectivity index is 2.00. The van der Waals surface area contributed by atoms with E-state index in [4.69, 9.17) is 11.6 Å². The number of rotatable bonds is 3. The van der Waals surface area contributed by atoms with Gasteiger partial charge in [-0.15, -0.1) is 11.6 Å². The zero-order valence-corrected chi connectivity index (χ0v) is 11.2. The van der Waals surface area contributed by atoms with Crippen LogP contribution in [-0.2, 0) is 12.9 Å². The van der Waals surface area contributed by atoms with Crippen molar-refractivity contribution >= 4 is 34.1 Å². The summed E-state index contributed by atoms with van der Waals surface area (Å²) in [5, 5.41) is 3.29. The second kappa shape index (κ2) is 4.90. The third-order valence-electron chi connectivity index (χ3n) is 2.99. The van der Waals surface area contributed by atoms with Crippen molar-refractivity contribution in [2.24, 2.45) is 7.05 Å². The van der Waals surface area contributed by atoms with E-state index in [2.05, 4.69) is 15.3 Å². The molecule has 0 radical (unpaired) electrons. The van der Waals surface area contributed by atoms with E-state index < -0.39 is 0 Å². The molecule has 1 aromatic carbocycles. The van der Waals surface area contributed by atoms with E-state index in [1.165, 1.54) is 0 Å². The average molecular weight is 273 g/mol. The monoisotopic (exact) mass is 272 g/mol. The minimum atomic E-state index is 0.497. The van der Waals surface area contributed by atoms with Crippen LogP contribution in [0.1, 0.15) is 5.56 Å². The Hall–Kier alpha value is -2.07. The van der Waals surface area contributed by atoms with Gasteiger partial charge in [-0.3, -0.25) is 0 Å². The molecule has 0 unspecified atom stereocenters. The van der Waals surface area contributed by atoms with Crippen LogP contribution in [-0.4, -0.2) is 14.5 Å². The summed E-state index contributed by atoms with van der Waals surface area (Å²) in [6.45, 7) is 0. The van der Waals surface area contributed by atoms with Crippen molar-refractivity contribution in [3.05, 3.63) is 48.4 Å². The Kier molecular flexibility index (Phi) is 3.09. The molecule has 96 valence electrons. The number of aryl methyl sites for hydroxylation is 1. The largest absolute Gasteiger partial charge is 0.338 e. The molecule has 3 aromatic rings. The second-order valence-corrected chi connectivity index (χ2v) is 4.61. The summed E-state index contributed by atoms with van der Waals surface area (Å²) < 4.78 is 1.97. The first-order valence-corrected chi connectivity index (χ1v) is 6.49. The fourth-order valence-electron chi connectivity index (χ4n) is 2.02. The van der Waals surface area contributed by atoms with Gasteiger partial charge in [-0.2, -0.15) is 0 Å². The molecular weight excluding hydrogens is 260 g/mol. The molecule has 2 aromatic heterocycles. The van der Waals surface area contributed by atoms with E-state index in [1.54, 1.807) is 12.5 Å². The highest BCUT2D eigenvalue weighted by atomic mass is 35.5. The van der Waals surface area contributed by atoms with Gasteiger partial charge in [0, 0.05) is 24.8 Å². The van der Waals surface area contributed by atoms with Gasteiger partial charge in [-0.25, -0.2) is 9.97 Å². The number of hydrogen-bond donors (Lipinski definition) is 1. The molecule has 0 saturated heterocycles. The van der Waals surface area contributed by atoms with Gasteiger partial charge < -0.3 is 9.88 Å². The minimum absolute atomic E-state index is 0.497. The maximum Gasteiger partial charge on any atom is 0.158 e.